The molecular weight excluding hydrogens is 384 g/mol. The number of aromatic nitrogens is 3. The van der Waals surface area contributed by atoms with Gasteiger partial charge >= 0.3 is 0 Å². The molecule has 1 saturated heterocycles. The first kappa shape index (κ1) is 18.9. The number of hydrogen-bond acceptors (Lipinski definition) is 5. The second-order valence-corrected chi connectivity index (χ2v) is 8.08. The third kappa shape index (κ3) is 3.37. The van der Waals surface area contributed by atoms with Crippen LogP contribution in [0.1, 0.15) is 36.0 Å². The number of hydrogen-bond donors (Lipinski definition) is 2. The Hall–Kier alpha value is -3.13. The van der Waals surface area contributed by atoms with E-state index >= 15 is 0 Å². The van der Waals surface area contributed by atoms with Gasteiger partial charge in [-0.15, -0.1) is 0 Å². The summed E-state index contributed by atoms with van der Waals surface area (Å²) in [6.45, 7) is 1.82. The highest BCUT2D eigenvalue weighted by Gasteiger charge is 2.30. The van der Waals surface area contributed by atoms with E-state index in [2.05, 4.69) is 10.4 Å². The smallest absolute Gasteiger partial charge is 0.291 e. The molecule has 8 nitrogen and oxygen atoms in total. The van der Waals surface area contributed by atoms with Crippen molar-refractivity contribution < 1.29 is 14.6 Å². The first-order chi connectivity index (χ1) is 14.6. The van der Waals surface area contributed by atoms with Crippen LogP contribution in [0.15, 0.2) is 41.3 Å². The first-order valence-corrected chi connectivity index (χ1v) is 10.4. The fraction of sp³-hybridized carbons (Fsp3) is 0.409. The second kappa shape index (κ2) is 7.60. The maximum atomic E-state index is 13.1. The minimum atomic E-state index is -0.606. The number of fused-ring (bicyclic) bond motifs is 1. The largest absolute Gasteiger partial charge is 0.494 e. The normalized spacial score (nSPS) is 17.3. The molecule has 1 aliphatic heterocycles. The average Bonchev–Trinajstić information content (AvgIpc) is 3.46. The highest BCUT2D eigenvalue weighted by Crippen LogP contribution is 2.30. The molecule has 1 aliphatic carbocycles. The van der Waals surface area contributed by atoms with E-state index in [-0.39, 0.29) is 23.4 Å². The third-order valence-corrected chi connectivity index (χ3v) is 5.89. The topological polar surface area (TPSA) is 97.9 Å². The number of aromatic hydroxyl groups is 1. The summed E-state index contributed by atoms with van der Waals surface area (Å²) in [5.74, 6) is -0.567. The van der Waals surface area contributed by atoms with Gasteiger partial charge in [0.1, 0.15) is 0 Å². The van der Waals surface area contributed by atoms with Crippen LogP contribution >= 0.6 is 0 Å². The number of carbonyl (C=O) groups excluding carboxylic acids is 1. The zero-order chi connectivity index (χ0) is 20.7. The summed E-state index contributed by atoms with van der Waals surface area (Å²) in [7, 11) is 0. The van der Waals surface area contributed by atoms with Crippen LogP contribution in [0, 0.1) is 5.92 Å². The van der Waals surface area contributed by atoms with Crippen molar-refractivity contribution in [3.05, 3.63) is 52.4 Å². The molecule has 3 heterocycles. The van der Waals surface area contributed by atoms with Gasteiger partial charge in [0.2, 0.25) is 5.88 Å². The lowest BCUT2D eigenvalue weighted by Gasteiger charge is -2.25. The number of ether oxygens (including phenoxy) is 1. The summed E-state index contributed by atoms with van der Waals surface area (Å²) < 4.78 is 8.38. The molecule has 3 aromatic rings. The minimum Gasteiger partial charge on any atom is -0.494 e. The van der Waals surface area contributed by atoms with E-state index in [1.165, 1.54) is 4.52 Å². The Morgan fingerprint density at radius 2 is 1.90 bits per heavy atom. The van der Waals surface area contributed by atoms with E-state index in [0.717, 1.165) is 36.8 Å². The fourth-order valence-corrected chi connectivity index (χ4v) is 4.05. The Balaban J connectivity index is 1.69. The van der Waals surface area contributed by atoms with Gasteiger partial charge in [0.05, 0.1) is 6.20 Å². The van der Waals surface area contributed by atoms with Gasteiger partial charge in [-0.1, -0.05) is 30.3 Å². The molecule has 156 valence electrons. The monoisotopic (exact) mass is 408 g/mol. The van der Waals surface area contributed by atoms with Crippen LogP contribution in [0.4, 0.5) is 0 Å². The lowest BCUT2D eigenvalue weighted by molar-refractivity contribution is 0.0607. The summed E-state index contributed by atoms with van der Waals surface area (Å²) in [4.78, 5) is 25.9. The maximum absolute atomic E-state index is 13.1. The fourth-order valence-electron chi connectivity index (χ4n) is 4.05. The van der Waals surface area contributed by atoms with Crippen LogP contribution < -0.4 is 10.9 Å². The van der Waals surface area contributed by atoms with Crippen molar-refractivity contribution in [3.8, 4) is 17.0 Å². The van der Waals surface area contributed by atoms with Gasteiger partial charge < -0.3 is 15.2 Å². The van der Waals surface area contributed by atoms with Crippen LogP contribution in [0.25, 0.3) is 16.8 Å². The van der Waals surface area contributed by atoms with Crippen LogP contribution in [-0.4, -0.2) is 44.5 Å². The molecule has 5 rings (SSSR count). The molecule has 2 aromatic heterocycles. The van der Waals surface area contributed by atoms with Gasteiger partial charge in [0.25, 0.3) is 11.5 Å². The van der Waals surface area contributed by atoms with E-state index in [0.29, 0.717) is 25.4 Å². The molecule has 0 bridgehead atoms. The lowest BCUT2D eigenvalue weighted by atomic mass is 10.00. The third-order valence-electron chi connectivity index (χ3n) is 5.89. The van der Waals surface area contributed by atoms with Crippen molar-refractivity contribution in [2.45, 2.75) is 38.3 Å². The van der Waals surface area contributed by atoms with Crippen LogP contribution in [-0.2, 0) is 11.3 Å². The zero-order valence-corrected chi connectivity index (χ0v) is 16.6. The molecular formula is C22H24N4O4. The van der Waals surface area contributed by atoms with E-state index in [1.807, 2.05) is 30.3 Å². The number of carbonyl (C=O) groups is 1. The predicted octanol–water partition coefficient (Wildman–Crippen LogP) is 2.19. The van der Waals surface area contributed by atoms with E-state index in [4.69, 9.17) is 4.74 Å². The Morgan fingerprint density at radius 1 is 1.17 bits per heavy atom. The maximum Gasteiger partial charge on any atom is 0.291 e. The standard InChI is InChI=1S/C22H24N4O4/c27-19(24-16-6-7-16)18-21(28)25(13-14-8-10-30-11-9-14)20-17(12-23-26(20)22(18)29)15-4-2-1-3-5-15/h1-5,12,14,16,28H,6-11,13H2,(H,24,27). The highest BCUT2D eigenvalue weighted by molar-refractivity contribution is 5.97. The average molecular weight is 408 g/mol. The SMILES string of the molecule is O=C(NC1CC1)c1c(O)n(CC2CCOCC2)c2c(-c3ccccc3)cnn2c1=O. The molecule has 2 aliphatic rings. The molecule has 1 saturated carbocycles. The van der Waals surface area contributed by atoms with E-state index in [1.54, 1.807) is 10.8 Å². The first-order valence-electron chi connectivity index (χ1n) is 10.4. The summed E-state index contributed by atoms with van der Waals surface area (Å²) in [5.41, 5.74) is 1.28. The summed E-state index contributed by atoms with van der Waals surface area (Å²) >= 11 is 0. The zero-order valence-electron chi connectivity index (χ0n) is 16.6. The van der Waals surface area contributed by atoms with Crippen molar-refractivity contribution >= 4 is 11.6 Å². The van der Waals surface area contributed by atoms with E-state index in [9.17, 15) is 14.7 Å². The molecule has 1 aromatic carbocycles. The lowest BCUT2D eigenvalue weighted by Crippen LogP contribution is -2.35. The highest BCUT2D eigenvalue weighted by atomic mass is 16.5. The molecule has 2 fully saturated rings. The quantitative estimate of drug-likeness (QED) is 0.674. The van der Waals surface area contributed by atoms with Gasteiger partial charge in [-0.2, -0.15) is 9.61 Å². The van der Waals surface area contributed by atoms with Gasteiger partial charge in [0.15, 0.2) is 11.2 Å². The number of rotatable bonds is 5. The van der Waals surface area contributed by atoms with Gasteiger partial charge in [-0.3, -0.25) is 14.2 Å². The Morgan fingerprint density at radius 3 is 2.60 bits per heavy atom. The van der Waals surface area contributed by atoms with E-state index < -0.39 is 11.5 Å². The Labute approximate surface area is 173 Å². The molecule has 8 heteroatoms. The number of benzene rings is 1. The van der Waals surface area contributed by atoms with Crippen molar-refractivity contribution in [3.63, 3.8) is 0 Å². The molecule has 0 unspecified atom stereocenters. The van der Waals surface area contributed by atoms with Gasteiger partial charge in [-0.25, -0.2) is 0 Å². The number of amides is 1. The van der Waals surface area contributed by atoms with Crippen molar-refractivity contribution in [1.29, 1.82) is 0 Å². The Bertz CT molecular complexity index is 1140. The minimum absolute atomic E-state index is 0.0773. The van der Waals surface area contributed by atoms with Crippen molar-refractivity contribution in [2.75, 3.05) is 13.2 Å². The molecule has 0 radical (unpaired) electrons. The van der Waals surface area contributed by atoms with Crippen LogP contribution in [0.5, 0.6) is 5.88 Å². The molecule has 1 amide bonds. The number of nitrogens with one attached hydrogen (secondary N) is 1. The van der Waals surface area contributed by atoms with Crippen LogP contribution in [0.2, 0.25) is 0 Å². The summed E-state index contributed by atoms with van der Waals surface area (Å²) in [5, 5.41) is 18.2. The molecule has 0 atom stereocenters. The molecule has 2 N–H and O–H groups in total. The molecule has 30 heavy (non-hydrogen) atoms. The summed E-state index contributed by atoms with van der Waals surface area (Å²) in [6, 6.07) is 9.69. The number of nitrogens with zero attached hydrogens (tertiary/aromatic N) is 3. The van der Waals surface area contributed by atoms with Gasteiger partial charge in [0, 0.05) is 31.4 Å². The Kier molecular flexibility index (Phi) is 4.78. The van der Waals surface area contributed by atoms with Crippen molar-refractivity contribution in [1.82, 2.24) is 19.5 Å². The second-order valence-electron chi connectivity index (χ2n) is 8.08. The summed E-state index contributed by atoms with van der Waals surface area (Å²) in [6.07, 6.45) is 5.12. The van der Waals surface area contributed by atoms with Gasteiger partial charge in [-0.05, 0) is 37.2 Å². The predicted molar refractivity (Wildman–Crippen MR) is 111 cm³/mol. The molecule has 0 spiro atoms. The van der Waals surface area contributed by atoms with Crippen molar-refractivity contribution in [2.24, 2.45) is 5.92 Å². The van der Waals surface area contributed by atoms with Crippen LogP contribution in [0.3, 0.4) is 0 Å².